The van der Waals surface area contributed by atoms with Gasteiger partial charge in [-0.15, -0.1) is 5.10 Å². The van der Waals surface area contributed by atoms with Crippen molar-refractivity contribution in [3.63, 3.8) is 0 Å². The molecule has 19 heavy (non-hydrogen) atoms. The lowest BCUT2D eigenvalue weighted by Gasteiger charge is -2.11. The molecule has 1 saturated carbocycles. The van der Waals surface area contributed by atoms with Crippen molar-refractivity contribution in [2.24, 2.45) is 0 Å². The van der Waals surface area contributed by atoms with E-state index < -0.39 is 0 Å². The molecule has 3 rings (SSSR count). The summed E-state index contributed by atoms with van der Waals surface area (Å²) in [4.78, 5) is 0. The molecule has 1 heterocycles. The lowest BCUT2D eigenvalue weighted by atomic mass is 10.0. The fourth-order valence-corrected chi connectivity index (χ4v) is 2.22. The zero-order valence-electron chi connectivity index (χ0n) is 11.5. The summed E-state index contributed by atoms with van der Waals surface area (Å²) < 4.78 is 1.89. The van der Waals surface area contributed by atoms with Crippen LogP contribution in [0.1, 0.15) is 43.9 Å². The lowest BCUT2D eigenvalue weighted by molar-refractivity contribution is 0.671. The minimum absolute atomic E-state index is 0.480. The van der Waals surface area contributed by atoms with E-state index in [1.165, 1.54) is 18.4 Å². The molecule has 1 aromatic carbocycles. The van der Waals surface area contributed by atoms with Gasteiger partial charge < -0.3 is 5.32 Å². The van der Waals surface area contributed by atoms with Gasteiger partial charge in [-0.25, -0.2) is 4.68 Å². The van der Waals surface area contributed by atoms with E-state index in [4.69, 9.17) is 0 Å². The molecule has 1 N–H and O–H groups in total. The fourth-order valence-electron chi connectivity index (χ4n) is 2.22. The highest BCUT2D eigenvalue weighted by Gasteiger charge is 2.20. The molecule has 0 amide bonds. The maximum Gasteiger partial charge on any atom is 0.0969 e. The van der Waals surface area contributed by atoms with Crippen LogP contribution in [0.25, 0.3) is 5.69 Å². The number of aromatic nitrogens is 3. The maximum absolute atomic E-state index is 4.25. The highest BCUT2D eigenvalue weighted by Crippen LogP contribution is 2.22. The largest absolute Gasteiger partial charge is 0.308 e. The van der Waals surface area contributed by atoms with E-state index in [1.807, 2.05) is 16.9 Å². The third-order valence-electron chi connectivity index (χ3n) is 3.50. The fraction of sp³-hybridized carbons (Fsp3) is 0.467. The van der Waals surface area contributed by atoms with Gasteiger partial charge in [-0.1, -0.05) is 37.3 Å². The predicted octanol–water partition coefficient (Wildman–Crippen LogP) is 2.64. The molecular formula is C15H20N4. The molecule has 0 spiro atoms. The zero-order chi connectivity index (χ0) is 13.2. The minimum atomic E-state index is 0.480. The van der Waals surface area contributed by atoms with Crippen LogP contribution >= 0.6 is 0 Å². The van der Waals surface area contributed by atoms with Crippen LogP contribution < -0.4 is 5.32 Å². The van der Waals surface area contributed by atoms with Crippen LogP contribution in [0.3, 0.4) is 0 Å². The Kier molecular flexibility index (Phi) is 3.34. The third-order valence-corrected chi connectivity index (χ3v) is 3.50. The molecule has 1 fully saturated rings. The molecule has 0 atom stereocenters. The first-order valence-electron chi connectivity index (χ1n) is 6.98. The quantitative estimate of drug-likeness (QED) is 0.894. The third kappa shape index (κ3) is 2.84. The van der Waals surface area contributed by atoms with Crippen molar-refractivity contribution in [2.75, 3.05) is 0 Å². The summed E-state index contributed by atoms with van der Waals surface area (Å²) in [5, 5.41) is 12.0. The second-order valence-corrected chi connectivity index (χ2v) is 5.52. The standard InChI is InChI=1S/C15H20N4/c1-11(2)14-5-3-4-6-15(14)19-10-13(17-18-19)9-16-12-7-8-12/h3-6,10-12,16H,7-9H2,1-2H3. The van der Waals surface area contributed by atoms with Gasteiger partial charge in [-0.3, -0.25) is 0 Å². The van der Waals surface area contributed by atoms with Gasteiger partial charge in [-0.2, -0.15) is 0 Å². The van der Waals surface area contributed by atoms with Crippen LogP contribution in [0.2, 0.25) is 0 Å². The molecule has 100 valence electrons. The highest BCUT2D eigenvalue weighted by molar-refractivity contribution is 5.42. The molecule has 2 aromatic rings. The van der Waals surface area contributed by atoms with Crippen molar-refractivity contribution in [2.45, 2.75) is 45.2 Å². The molecule has 4 nitrogen and oxygen atoms in total. The Morgan fingerprint density at radius 1 is 1.32 bits per heavy atom. The maximum atomic E-state index is 4.25. The lowest BCUT2D eigenvalue weighted by Crippen LogP contribution is -2.15. The average Bonchev–Trinajstić information content (AvgIpc) is 3.13. The van der Waals surface area contributed by atoms with Crippen LogP contribution in [0.4, 0.5) is 0 Å². The molecule has 1 aliphatic carbocycles. The van der Waals surface area contributed by atoms with E-state index in [2.05, 4.69) is 47.7 Å². The van der Waals surface area contributed by atoms with Crippen LogP contribution in [-0.2, 0) is 6.54 Å². The summed E-state index contributed by atoms with van der Waals surface area (Å²) in [5.74, 6) is 0.480. The second-order valence-electron chi connectivity index (χ2n) is 5.52. The van der Waals surface area contributed by atoms with Crippen LogP contribution in [-0.4, -0.2) is 21.0 Å². The SMILES string of the molecule is CC(C)c1ccccc1-n1cc(CNC2CC2)nn1. The van der Waals surface area contributed by atoms with E-state index in [1.54, 1.807) is 0 Å². The van der Waals surface area contributed by atoms with E-state index in [9.17, 15) is 0 Å². The predicted molar refractivity (Wildman–Crippen MR) is 75.3 cm³/mol. The Morgan fingerprint density at radius 3 is 2.84 bits per heavy atom. The molecule has 0 bridgehead atoms. The molecule has 0 saturated heterocycles. The van der Waals surface area contributed by atoms with Crippen LogP contribution in [0.15, 0.2) is 30.5 Å². The molecular weight excluding hydrogens is 236 g/mol. The highest BCUT2D eigenvalue weighted by atomic mass is 15.4. The van der Waals surface area contributed by atoms with Gasteiger partial charge in [0.05, 0.1) is 17.6 Å². The van der Waals surface area contributed by atoms with Crippen molar-refractivity contribution in [3.05, 3.63) is 41.7 Å². The Hall–Kier alpha value is -1.68. The van der Waals surface area contributed by atoms with Gasteiger partial charge in [0, 0.05) is 12.6 Å². The topological polar surface area (TPSA) is 42.7 Å². The number of nitrogens with zero attached hydrogens (tertiary/aromatic N) is 3. The Balaban J connectivity index is 1.81. The molecule has 0 aliphatic heterocycles. The van der Waals surface area contributed by atoms with Gasteiger partial charge in [0.15, 0.2) is 0 Å². The first-order valence-corrected chi connectivity index (χ1v) is 6.98. The number of benzene rings is 1. The Bertz CT molecular complexity index is 555. The summed E-state index contributed by atoms with van der Waals surface area (Å²) in [6.45, 7) is 5.21. The second kappa shape index (κ2) is 5.13. The van der Waals surface area contributed by atoms with Gasteiger partial charge in [-0.05, 0) is 30.4 Å². The van der Waals surface area contributed by atoms with E-state index in [0.717, 1.165) is 17.9 Å². The average molecular weight is 256 g/mol. The summed E-state index contributed by atoms with van der Waals surface area (Å²) in [6, 6.07) is 9.08. The summed E-state index contributed by atoms with van der Waals surface area (Å²) >= 11 is 0. The van der Waals surface area contributed by atoms with Gasteiger partial charge in [0.1, 0.15) is 0 Å². The Morgan fingerprint density at radius 2 is 2.11 bits per heavy atom. The monoisotopic (exact) mass is 256 g/mol. The minimum Gasteiger partial charge on any atom is -0.308 e. The van der Waals surface area contributed by atoms with Crippen LogP contribution in [0.5, 0.6) is 0 Å². The van der Waals surface area contributed by atoms with E-state index >= 15 is 0 Å². The summed E-state index contributed by atoms with van der Waals surface area (Å²) in [5.41, 5.74) is 3.43. The molecule has 1 aliphatic rings. The number of para-hydroxylation sites is 1. The molecule has 4 heteroatoms. The molecule has 0 radical (unpaired) electrons. The first-order chi connectivity index (χ1) is 9.24. The molecule has 0 unspecified atom stereocenters. The van der Waals surface area contributed by atoms with Crippen LogP contribution in [0, 0.1) is 0 Å². The summed E-state index contributed by atoms with van der Waals surface area (Å²) in [7, 11) is 0. The number of hydrogen-bond acceptors (Lipinski definition) is 3. The van der Waals surface area contributed by atoms with E-state index in [0.29, 0.717) is 12.0 Å². The number of rotatable bonds is 5. The van der Waals surface area contributed by atoms with Gasteiger partial charge >= 0.3 is 0 Å². The van der Waals surface area contributed by atoms with Crippen molar-refractivity contribution >= 4 is 0 Å². The van der Waals surface area contributed by atoms with Crippen molar-refractivity contribution in [1.82, 2.24) is 20.3 Å². The van der Waals surface area contributed by atoms with Crippen molar-refractivity contribution in [3.8, 4) is 5.69 Å². The molecule has 1 aromatic heterocycles. The summed E-state index contributed by atoms with van der Waals surface area (Å²) in [6.07, 6.45) is 4.62. The Labute approximate surface area is 113 Å². The zero-order valence-corrected chi connectivity index (χ0v) is 11.5. The first kappa shape index (κ1) is 12.4. The van der Waals surface area contributed by atoms with Crippen molar-refractivity contribution in [1.29, 1.82) is 0 Å². The number of hydrogen-bond donors (Lipinski definition) is 1. The van der Waals surface area contributed by atoms with Gasteiger partial charge in [0.2, 0.25) is 0 Å². The van der Waals surface area contributed by atoms with Gasteiger partial charge in [0.25, 0.3) is 0 Å². The van der Waals surface area contributed by atoms with Crippen molar-refractivity contribution < 1.29 is 0 Å². The van der Waals surface area contributed by atoms with E-state index in [-0.39, 0.29) is 0 Å². The smallest absolute Gasteiger partial charge is 0.0969 e. The number of nitrogens with one attached hydrogen (secondary N) is 1. The normalized spacial score (nSPS) is 15.1.